The number of carbonyl (C=O) groups excluding carboxylic acids is 2. The first kappa shape index (κ1) is 17.7. The number of carbonyl (C=O) groups is 2. The van der Waals surface area contributed by atoms with E-state index in [4.69, 9.17) is 0 Å². The molecule has 4 rings (SSSR count). The van der Waals surface area contributed by atoms with E-state index < -0.39 is 0 Å². The second kappa shape index (κ2) is 7.53. The molecule has 2 N–H and O–H groups in total. The topological polar surface area (TPSA) is 58.2 Å². The van der Waals surface area contributed by atoms with Gasteiger partial charge in [-0.1, -0.05) is 30.3 Å². The third-order valence-corrected chi connectivity index (χ3v) is 5.89. The summed E-state index contributed by atoms with van der Waals surface area (Å²) in [5, 5.41) is 10.4. The van der Waals surface area contributed by atoms with E-state index in [1.165, 1.54) is 0 Å². The van der Waals surface area contributed by atoms with E-state index in [9.17, 15) is 9.59 Å². The molecule has 1 aliphatic carbocycles. The molecule has 1 aromatic heterocycles. The van der Waals surface area contributed by atoms with Crippen LogP contribution >= 0.6 is 11.3 Å². The van der Waals surface area contributed by atoms with Crippen LogP contribution in [-0.2, 0) is 16.1 Å². The fourth-order valence-electron chi connectivity index (χ4n) is 3.93. The molecule has 1 atom stereocenters. The molecule has 0 saturated heterocycles. The lowest BCUT2D eigenvalue weighted by Crippen LogP contribution is -2.37. The molecule has 1 aromatic carbocycles. The van der Waals surface area contributed by atoms with Crippen molar-refractivity contribution in [3.8, 4) is 0 Å². The highest BCUT2D eigenvalue weighted by Gasteiger charge is 2.38. The van der Waals surface area contributed by atoms with Crippen LogP contribution in [0.15, 0.2) is 69.7 Å². The van der Waals surface area contributed by atoms with Gasteiger partial charge in [-0.05, 0) is 47.7 Å². The normalized spacial score (nSPS) is 19.6. The fourth-order valence-corrected chi connectivity index (χ4v) is 4.62. The number of amides is 1. The minimum Gasteiger partial charge on any atom is -0.362 e. The van der Waals surface area contributed by atoms with E-state index in [-0.39, 0.29) is 17.6 Å². The van der Waals surface area contributed by atoms with Gasteiger partial charge in [0, 0.05) is 41.4 Å². The maximum absolute atomic E-state index is 13.1. The second-order valence-corrected chi connectivity index (χ2v) is 7.77. The van der Waals surface area contributed by atoms with Crippen molar-refractivity contribution in [2.45, 2.75) is 38.6 Å². The molecule has 0 bridgehead atoms. The van der Waals surface area contributed by atoms with E-state index in [0.717, 1.165) is 40.9 Å². The summed E-state index contributed by atoms with van der Waals surface area (Å²) in [6.07, 6.45) is 2.28. The molecule has 0 spiro atoms. The van der Waals surface area contributed by atoms with Gasteiger partial charge in [0.05, 0.1) is 0 Å². The molecular formula is C22H22N2O2S. The van der Waals surface area contributed by atoms with Crippen molar-refractivity contribution in [2.24, 2.45) is 0 Å². The molecule has 0 saturated carbocycles. The van der Waals surface area contributed by atoms with Gasteiger partial charge in [-0.3, -0.25) is 9.59 Å². The Kier molecular flexibility index (Phi) is 4.94. The molecule has 2 heterocycles. The molecule has 2 aromatic rings. The average molecular weight is 378 g/mol. The highest BCUT2D eigenvalue weighted by Crippen LogP contribution is 2.42. The van der Waals surface area contributed by atoms with Crippen LogP contribution in [0.4, 0.5) is 0 Å². The van der Waals surface area contributed by atoms with Crippen LogP contribution in [0, 0.1) is 0 Å². The number of dihydropyridines is 1. The number of ketones is 1. The van der Waals surface area contributed by atoms with Crippen LogP contribution in [0.3, 0.4) is 0 Å². The first-order chi connectivity index (χ1) is 13.1. The van der Waals surface area contributed by atoms with Gasteiger partial charge in [-0.2, -0.15) is 11.3 Å². The predicted octanol–water partition coefficient (Wildman–Crippen LogP) is 4.03. The van der Waals surface area contributed by atoms with E-state index in [1.54, 1.807) is 11.3 Å². The van der Waals surface area contributed by atoms with Crippen molar-refractivity contribution in [1.82, 2.24) is 10.6 Å². The molecular weight excluding hydrogens is 356 g/mol. The maximum Gasteiger partial charge on any atom is 0.250 e. The highest BCUT2D eigenvalue weighted by molar-refractivity contribution is 7.08. The summed E-state index contributed by atoms with van der Waals surface area (Å²) in [7, 11) is 0. The van der Waals surface area contributed by atoms with E-state index in [0.29, 0.717) is 18.5 Å². The fraction of sp³-hybridized carbons (Fsp3) is 0.273. The number of rotatable bonds is 4. The molecule has 138 valence electrons. The molecule has 0 radical (unpaired) electrons. The Hall–Kier alpha value is -2.66. The lowest BCUT2D eigenvalue weighted by molar-refractivity contribution is -0.118. The Morgan fingerprint density at radius 2 is 2.04 bits per heavy atom. The zero-order valence-electron chi connectivity index (χ0n) is 15.2. The number of Topliss-reactive ketones (excluding diaryl/α,β-unsaturated/α-hetero) is 1. The Labute approximate surface area is 163 Å². The number of benzene rings is 1. The summed E-state index contributed by atoms with van der Waals surface area (Å²) in [4.78, 5) is 25.9. The standard InChI is InChI=1S/C22H22N2O2S/c1-14-19(22(26)23-12-15-6-3-2-4-7-15)20(16-10-11-27-13-16)21-17(24-14)8-5-9-18(21)25/h2-4,6-7,10-11,13,20,24H,5,8-9,12H2,1H3,(H,23,26). The van der Waals surface area contributed by atoms with Gasteiger partial charge in [0.2, 0.25) is 5.91 Å². The van der Waals surface area contributed by atoms with Crippen molar-refractivity contribution >= 4 is 23.0 Å². The maximum atomic E-state index is 13.1. The van der Waals surface area contributed by atoms with Crippen molar-refractivity contribution in [3.05, 3.63) is 80.8 Å². The van der Waals surface area contributed by atoms with Crippen LogP contribution in [-0.4, -0.2) is 11.7 Å². The van der Waals surface area contributed by atoms with E-state index >= 15 is 0 Å². The third-order valence-electron chi connectivity index (χ3n) is 5.19. The monoisotopic (exact) mass is 378 g/mol. The number of hydrogen-bond acceptors (Lipinski definition) is 4. The van der Waals surface area contributed by atoms with Gasteiger partial charge in [0.25, 0.3) is 0 Å². The quantitative estimate of drug-likeness (QED) is 0.844. The molecule has 1 aliphatic heterocycles. The summed E-state index contributed by atoms with van der Waals surface area (Å²) in [5.41, 5.74) is 5.32. The molecule has 2 aliphatic rings. The van der Waals surface area contributed by atoms with Crippen LogP contribution in [0.2, 0.25) is 0 Å². The zero-order chi connectivity index (χ0) is 18.8. The second-order valence-electron chi connectivity index (χ2n) is 6.99. The smallest absolute Gasteiger partial charge is 0.250 e. The summed E-state index contributed by atoms with van der Waals surface area (Å²) in [6.45, 7) is 2.40. The van der Waals surface area contributed by atoms with Crippen molar-refractivity contribution < 1.29 is 9.59 Å². The Morgan fingerprint density at radius 3 is 2.78 bits per heavy atom. The van der Waals surface area contributed by atoms with Crippen molar-refractivity contribution in [1.29, 1.82) is 0 Å². The predicted molar refractivity (Wildman–Crippen MR) is 107 cm³/mol. The van der Waals surface area contributed by atoms with Crippen LogP contribution in [0.5, 0.6) is 0 Å². The molecule has 0 fully saturated rings. The Morgan fingerprint density at radius 1 is 1.22 bits per heavy atom. The summed E-state index contributed by atoms with van der Waals surface area (Å²) in [5.74, 6) is -0.248. The summed E-state index contributed by atoms with van der Waals surface area (Å²) < 4.78 is 0. The molecule has 5 heteroatoms. The lowest BCUT2D eigenvalue weighted by Gasteiger charge is -2.34. The van der Waals surface area contributed by atoms with Gasteiger partial charge in [-0.15, -0.1) is 0 Å². The molecule has 1 unspecified atom stereocenters. The number of hydrogen-bond donors (Lipinski definition) is 2. The number of nitrogens with one attached hydrogen (secondary N) is 2. The first-order valence-electron chi connectivity index (χ1n) is 9.23. The third kappa shape index (κ3) is 3.47. The largest absolute Gasteiger partial charge is 0.362 e. The van der Waals surface area contributed by atoms with Gasteiger partial charge in [0.1, 0.15) is 0 Å². The van der Waals surface area contributed by atoms with Gasteiger partial charge in [-0.25, -0.2) is 0 Å². The van der Waals surface area contributed by atoms with Crippen molar-refractivity contribution in [2.75, 3.05) is 0 Å². The number of thiophene rings is 1. The Bertz CT molecular complexity index is 926. The van der Waals surface area contributed by atoms with E-state index in [2.05, 4.69) is 10.6 Å². The molecule has 1 amide bonds. The molecule has 27 heavy (non-hydrogen) atoms. The van der Waals surface area contributed by atoms with Crippen LogP contribution in [0.25, 0.3) is 0 Å². The van der Waals surface area contributed by atoms with Gasteiger partial charge >= 0.3 is 0 Å². The Balaban J connectivity index is 1.67. The zero-order valence-corrected chi connectivity index (χ0v) is 16.1. The van der Waals surface area contributed by atoms with Gasteiger partial charge in [0.15, 0.2) is 5.78 Å². The minimum absolute atomic E-state index is 0.120. The lowest BCUT2D eigenvalue weighted by atomic mass is 9.75. The first-order valence-corrected chi connectivity index (χ1v) is 10.2. The van der Waals surface area contributed by atoms with Gasteiger partial charge < -0.3 is 10.6 Å². The van der Waals surface area contributed by atoms with E-state index in [1.807, 2.05) is 54.1 Å². The summed E-state index contributed by atoms with van der Waals surface area (Å²) >= 11 is 1.59. The van der Waals surface area contributed by atoms with Crippen LogP contribution < -0.4 is 10.6 Å². The highest BCUT2D eigenvalue weighted by atomic mass is 32.1. The average Bonchev–Trinajstić information content (AvgIpc) is 3.20. The van der Waals surface area contributed by atoms with Crippen LogP contribution in [0.1, 0.15) is 43.2 Å². The molecule has 4 nitrogen and oxygen atoms in total. The minimum atomic E-state index is -0.281. The number of allylic oxidation sites excluding steroid dienone is 3. The summed E-state index contributed by atoms with van der Waals surface area (Å²) in [6, 6.07) is 11.9. The SMILES string of the molecule is CC1=C(C(=O)NCc2ccccc2)C(c2ccsc2)C2=C(CCCC2=O)N1. The van der Waals surface area contributed by atoms with Crippen molar-refractivity contribution in [3.63, 3.8) is 0 Å².